The van der Waals surface area contributed by atoms with Gasteiger partial charge in [-0.2, -0.15) is 0 Å². The number of anilines is 1. The van der Waals surface area contributed by atoms with E-state index in [1.165, 1.54) is 16.8 Å². The molecule has 0 radical (unpaired) electrons. The van der Waals surface area contributed by atoms with Crippen molar-refractivity contribution in [3.05, 3.63) is 65.0 Å². The lowest BCUT2D eigenvalue weighted by molar-refractivity contribution is 0.0367. The fraction of sp³-hybridized carbons (Fsp3) is 0.424. The minimum Gasteiger partial charge on any atom is -0.389 e. The smallest absolute Gasteiger partial charge is 0.253 e. The Labute approximate surface area is 243 Å². The normalized spacial score (nSPS) is 14.6. The van der Waals surface area contributed by atoms with E-state index >= 15 is 0 Å². The zero-order chi connectivity index (χ0) is 29.5. The highest BCUT2D eigenvalue weighted by Gasteiger charge is 2.23. The van der Waals surface area contributed by atoms with E-state index in [4.69, 9.17) is 9.97 Å². The summed E-state index contributed by atoms with van der Waals surface area (Å²) in [6, 6.07) is 10.4. The second-order valence-corrected chi connectivity index (χ2v) is 12.1. The lowest BCUT2D eigenvalue weighted by Crippen LogP contribution is -2.45. The molecular weight excluding hydrogens is 512 g/mol. The Balaban J connectivity index is 1.47. The summed E-state index contributed by atoms with van der Waals surface area (Å²) in [6.07, 6.45) is 4.74. The lowest BCUT2D eigenvalue weighted by Gasteiger charge is -2.36. The number of carbonyl (C=O) groups excluding carboxylic acids is 1. The topological polar surface area (TPSA) is 88.6 Å². The van der Waals surface area contributed by atoms with Gasteiger partial charge in [0.2, 0.25) is 0 Å². The number of hydrogen-bond acceptors (Lipinski definition) is 6. The molecule has 5 rings (SSSR count). The second-order valence-electron chi connectivity index (χ2n) is 12.1. The van der Waals surface area contributed by atoms with Crippen molar-refractivity contribution in [3.8, 4) is 22.4 Å². The van der Waals surface area contributed by atoms with Gasteiger partial charge in [0, 0.05) is 68.3 Å². The zero-order valence-corrected chi connectivity index (χ0v) is 25.4. The second kappa shape index (κ2) is 11.3. The third kappa shape index (κ3) is 5.99. The number of amides is 1. The van der Waals surface area contributed by atoms with Gasteiger partial charge in [-0.05, 0) is 81.6 Å². The number of piperazine rings is 1. The number of fused-ring (bicyclic) bond motifs is 1. The average molecular weight is 555 g/mol. The number of nitrogens with one attached hydrogen (secondary N) is 1. The first-order valence-electron chi connectivity index (χ1n) is 14.5. The van der Waals surface area contributed by atoms with Crippen molar-refractivity contribution >= 4 is 22.8 Å². The molecule has 1 aliphatic heterocycles. The number of H-pyrrole nitrogens is 1. The maximum absolute atomic E-state index is 13.1. The van der Waals surface area contributed by atoms with Gasteiger partial charge < -0.3 is 24.8 Å². The number of likely N-dealkylation sites (N-methyl/N-ethyl adjacent to an activating group) is 2. The molecule has 2 N–H and O–H groups in total. The molecule has 0 aliphatic carbocycles. The molecule has 0 unspecified atom stereocenters. The van der Waals surface area contributed by atoms with Crippen LogP contribution in [0.1, 0.15) is 47.8 Å². The van der Waals surface area contributed by atoms with Crippen LogP contribution in [0.15, 0.2) is 42.7 Å². The molecule has 0 bridgehead atoms. The van der Waals surface area contributed by atoms with Gasteiger partial charge in [-0.1, -0.05) is 19.1 Å². The summed E-state index contributed by atoms with van der Waals surface area (Å²) in [5.74, 6) is -0.112. The quantitative estimate of drug-likeness (QED) is 0.332. The number of benzene rings is 2. The molecule has 0 atom stereocenters. The number of aromatic nitrogens is 3. The van der Waals surface area contributed by atoms with E-state index in [1.807, 2.05) is 37.5 Å². The number of carbonyl (C=O) groups is 1. The van der Waals surface area contributed by atoms with Gasteiger partial charge in [0.25, 0.3) is 5.91 Å². The Kier molecular flexibility index (Phi) is 7.90. The Morgan fingerprint density at radius 3 is 2.44 bits per heavy atom. The Hall–Kier alpha value is -3.75. The molecule has 3 heterocycles. The first-order valence-corrected chi connectivity index (χ1v) is 14.5. The average Bonchev–Trinajstić information content (AvgIpc) is 3.35. The van der Waals surface area contributed by atoms with E-state index in [0.29, 0.717) is 5.56 Å². The van der Waals surface area contributed by atoms with E-state index in [9.17, 15) is 9.90 Å². The summed E-state index contributed by atoms with van der Waals surface area (Å²) in [5, 5.41) is 10.1. The number of nitrogens with zero attached hydrogens (tertiary/aromatic N) is 5. The van der Waals surface area contributed by atoms with Crippen molar-refractivity contribution < 1.29 is 9.90 Å². The standard InChI is InChI=1S/C33H42N6O2/c1-8-23-17-25(16-22(3)30(23)39-13-11-37(6)12-14-39)28-19-35-31-29(36-28)27(18-34-31)24-9-10-26(21(2)15-24)32(40)38(7)20-33(4,5)41/h9-10,15-19,41H,8,11-14,20H2,1-7H3,(H,34,35). The van der Waals surface area contributed by atoms with E-state index in [0.717, 1.165) is 71.7 Å². The van der Waals surface area contributed by atoms with Gasteiger partial charge in [-0.25, -0.2) is 9.97 Å². The van der Waals surface area contributed by atoms with Crippen molar-refractivity contribution in [1.29, 1.82) is 0 Å². The van der Waals surface area contributed by atoms with Gasteiger partial charge in [-0.15, -0.1) is 0 Å². The van der Waals surface area contributed by atoms with Crippen molar-refractivity contribution in [3.63, 3.8) is 0 Å². The summed E-state index contributed by atoms with van der Waals surface area (Å²) in [5.41, 5.74) is 9.87. The van der Waals surface area contributed by atoms with Gasteiger partial charge in [0.15, 0.2) is 5.65 Å². The highest BCUT2D eigenvalue weighted by molar-refractivity contribution is 5.97. The fourth-order valence-corrected chi connectivity index (χ4v) is 5.93. The molecule has 41 heavy (non-hydrogen) atoms. The molecule has 2 aromatic carbocycles. The van der Waals surface area contributed by atoms with Gasteiger partial charge >= 0.3 is 0 Å². The third-order valence-corrected chi connectivity index (χ3v) is 8.00. The molecular formula is C33H42N6O2. The minimum absolute atomic E-state index is 0.112. The van der Waals surface area contributed by atoms with E-state index in [2.05, 4.69) is 47.8 Å². The van der Waals surface area contributed by atoms with Crippen LogP contribution in [0.2, 0.25) is 0 Å². The maximum atomic E-state index is 13.1. The summed E-state index contributed by atoms with van der Waals surface area (Å²) >= 11 is 0. The number of hydrogen-bond donors (Lipinski definition) is 2. The SMILES string of the molecule is CCc1cc(-c2cnc3[nH]cc(-c4ccc(C(=O)N(C)CC(C)(C)O)c(C)c4)c3n2)cc(C)c1N1CCN(C)CC1. The Bertz CT molecular complexity index is 1580. The number of aryl methyl sites for hydroxylation is 3. The monoisotopic (exact) mass is 554 g/mol. The molecule has 216 valence electrons. The van der Waals surface area contributed by atoms with Crippen LogP contribution in [0.5, 0.6) is 0 Å². The molecule has 0 saturated carbocycles. The van der Waals surface area contributed by atoms with Crippen molar-refractivity contribution in [2.24, 2.45) is 0 Å². The van der Waals surface area contributed by atoms with Crippen LogP contribution in [-0.4, -0.2) is 88.2 Å². The summed E-state index contributed by atoms with van der Waals surface area (Å²) < 4.78 is 0. The van der Waals surface area contributed by atoms with Crippen molar-refractivity contribution in [1.82, 2.24) is 24.8 Å². The van der Waals surface area contributed by atoms with Gasteiger partial charge in [0.1, 0.15) is 5.52 Å². The zero-order valence-electron chi connectivity index (χ0n) is 25.4. The largest absolute Gasteiger partial charge is 0.389 e. The first-order chi connectivity index (χ1) is 19.4. The highest BCUT2D eigenvalue weighted by atomic mass is 16.3. The van der Waals surface area contributed by atoms with Gasteiger partial charge in [-0.3, -0.25) is 4.79 Å². The molecule has 1 fully saturated rings. The molecule has 8 heteroatoms. The highest BCUT2D eigenvalue weighted by Crippen LogP contribution is 2.34. The van der Waals surface area contributed by atoms with E-state index in [-0.39, 0.29) is 12.5 Å². The number of aliphatic hydroxyl groups is 1. The molecule has 0 spiro atoms. The van der Waals surface area contributed by atoms with Crippen LogP contribution >= 0.6 is 0 Å². The predicted octanol–water partition coefficient (Wildman–Crippen LogP) is 5.07. The Morgan fingerprint density at radius 2 is 1.78 bits per heavy atom. The van der Waals surface area contributed by atoms with Crippen LogP contribution in [0.4, 0.5) is 5.69 Å². The van der Waals surface area contributed by atoms with Crippen LogP contribution in [0.25, 0.3) is 33.5 Å². The maximum Gasteiger partial charge on any atom is 0.253 e. The molecule has 2 aromatic heterocycles. The molecule has 1 amide bonds. The number of rotatable bonds is 7. The number of aromatic amines is 1. The predicted molar refractivity (Wildman–Crippen MR) is 167 cm³/mol. The minimum atomic E-state index is -0.958. The van der Waals surface area contributed by atoms with Crippen molar-refractivity contribution in [2.75, 3.05) is 51.7 Å². The van der Waals surface area contributed by atoms with Crippen molar-refractivity contribution in [2.45, 2.75) is 46.6 Å². The summed E-state index contributed by atoms with van der Waals surface area (Å²) in [6.45, 7) is 14.3. The van der Waals surface area contributed by atoms with Gasteiger partial charge in [0.05, 0.1) is 17.5 Å². The van der Waals surface area contributed by atoms with Crippen LogP contribution in [0.3, 0.4) is 0 Å². The van der Waals surface area contributed by atoms with Crippen LogP contribution < -0.4 is 4.90 Å². The molecule has 1 saturated heterocycles. The molecule has 4 aromatic rings. The lowest BCUT2D eigenvalue weighted by atomic mass is 9.98. The summed E-state index contributed by atoms with van der Waals surface area (Å²) in [7, 11) is 3.90. The van der Waals surface area contributed by atoms with Crippen LogP contribution in [0, 0.1) is 13.8 Å². The fourth-order valence-electron chi connectivity index (χ4n) is 5.93. The molecule has 8 nitrogen and oxygen atoms in total. The van der Waals surface area contributed by atoms with Crippen LogP contribution in [-0.2, 0) is 6.42 Å². The van der Waals surface area contributed by atoms with E-state index in [1.54, 1.807) is 25.8 Å². The first kappa shape index (κ1) is 28.8. The summed E-state index contributed by atoms with van der Waals surface area (Å²) in [4.78, 5) is 32.6. The molecule has 1 aliphatic rings. The van der Waals surface area contributed by atoms with E-state index < -0.39 is 5.60 Å². The third-order valence-electron chi connectivity index (χ3n) is 8.00. The Morgan fingerprint density at radius 1 is 1.07 bits per heavy atom.